The van der Waals surface area contributed by atoms with E-state index in [4.69, 9.17) is 14.5 Å². The molecule has 0 saturated heterocycles. The fourth-order valence-corrected chi connectivity index (χ4v) is 3.40. The van der Waals surface area contributed by atoms with Gasteiger partial charge in [-0.3, -0.25) is 0 Å². The van der Waals surface area contributed by atoms with Crippen LogP contribution in [0.5, 0.6) is 11.5 Å². The number of nitrogens with one attached hydrogen (secondary N) is 1. The third-order valence-corrected chi connectivity index (χ3v) is 5.18. The Hall–Kier alpha value is -2.82. The molecule has 178 valence electrons. The Kier molecular flexibility index (Phi) is 10.9. The standard InChI is InChI=1S/C24H32N6O2.HI/c1-5-23-28-27-18-30(23)15-14-25-24(26-16-19-10-12-21(31-3)13-11-19)29(2)17-20-8-6-7-9-22(20)32-4;/h6-13,18H,5,14-17H2,1-4H3,(H,25,26);1H. The number of hydrogen-bond acceptors (Lipinski definition) is 5. The summed E-state index contributed by atoms with van der Waals surface area (Å²) in [6, 6.07) is 16.0. The lowest BCUT2D eigenvalue weighted by Crippen LogP contribution is -2.40. The summed E-state index contributed by atoms with van der Waals surface area (Å²) in [7, 11) is 5.39. The maximum absolute atomic E-state index is 5.52. The van der Waals surface area contributed by atoms with Crippen LogP contribution in [0.15, 0.2) is 59.9 Å². The summed E-state index contributed by atoms with van der Waals surface area (Å²) in [6.07, 6.45) is 2.62. The van der Waals surface area contributed by atoms with Crippen molar-refractivity contribution in [3.8, 4) is 11.5 Å². The molecule has 9 heteroatoms. The van der Waals surface area contributed by atoms with Crippen LogP contribution in [-0.2, 0) is 26.1 Å². The molecule has 3 rings (SSSR count). The zero-order chi connectivity index (χ0) is 22.8. The molecule has 3 aromatic rings. The van der Waals surface area contributed by atoms with Gasteiger partial charge in [-0.1, -0.05) is 37.3 Å². The molecule has 0 fully saturated rings. The van der Waals surface area contributed by atoms with Crippen LogP contribution >= 0.6 is 24.0 Å². The van der Waals surface area contributed by atoms with Gasteiger partial charge in [0.15, 0.2) is 5.96 Å². The zero-order valence-corrected chi connectivity index (χ0v) is 22.0. The smallest absolute Gasteiger partial charge is 0.194 e. The molecule has 1 N–H and O–H groups in total. The van der Waals surface area contributed by atoms with Gasteiger partial charge in [0, 0.05) is 38.7 Å². The van der Waals surface area contributed by atoms with Crippen molar-refractivity contribution in [2.24, 2.45) is 4.99 Å². The Labute approximate surface area is 213 Å². The number of nitrogens with zero attached hydrogens (tertiary/aromatic N) is 5. The molecule has 0 saturated carbocycles. The molecule has 0 aliphatic carbocycles. The number of rotatable bonds is 10. The minimum absolute atomic E-state index is 0. The van der Waals surface area contributed by atoms with Gasteiger partial charge in [-0.15, -0.1) is 34.2 Å². The molecule has 0 spiro atoms. The van der Waals surface area contributed by atoms with Gasteiger partial charge in [0.05, 0.1) is 20.8 Å². The summed E-state index contributed by atoms with van der Waals surface area (Å²) in [6.45, 7) is 4.79. The molecular formula is C24H33IN6O2. The fourth-order valence-electron chi connectivity index (χ4n) is 3.40. The van der Waals surface area contributed by atoms with Crippen LogP contribution in [0.4, 0.5) is 0 Å². The second-order valence-corrected chi connectivity index (χ2v) is 7.38. The molecule has 1 aromatic heterocycles. The van der Waals surface area contributed by atoms with Crippen molar-refractivity contribution >= 4 is 29.9 Å². The Balaban J connectivity index is 0.00000385. The van der Waals surface area contributed by atoms with Crippen molar-refractivity contribution < 1.29 is 9.47 Å². The van der Waals surface area contributed by atoms with E-state index in [9.17, 15) is 0 Å². The topological polar surface area (TPSA) is 76.8 Å². The summed E-state index contributed by atoms with van der Waals surface area (Å²) >= 11 is 0. The maximum Gasteiger partial charge on any atom is 0.194 e. The molecule has 33 heavy (non-hydrogen) atoms. The normalized spacial score (nSPS) is 11.0. The zero-order valence-electron chi connectivity index (χ0n) is 19.7. The van der Waals surface area contributed by atoms with Gasteiger partial charge in [0.25, 0.3) is 0 Å². The first-order valence-electron chi connectivity index (χ1n) is 10.8. The predicted octanol–water partition coefficient (Wildman–Crippen LogP) is 3.75. The number of aromatic nitrogens is 3. The van der Waals surface area contributed by atoms with E-state index in [0.29, 0.717) is 19.6 Å². The van der Waals surface area contributed by atoms with E-state index in [1.54, 1.807) is 20.5 Å². The van der Waals surface area contributed by atoms with Crippen LogP contribution in [0.25, 0.3) is 0 Å². The second-order valence-electron chi connectivity index (χ2n) is 7.38. The van der Waals surface area contributed by atoms with Crippen molar-refractivity contribution in [1.29, 1.82) is 0 Å². The number of para-hydroxylation sites is 1. The second kappa shape index (κ2) is 13.7. The Morgan fingerprint density at radius 3 is 2.55 bits per heavy atom. The number of hydrogen-bond donors (Lipinski definition) is 1. The minimum Gasteiger partial charge on any atom is -0.497 e. The summed E-state index contributed by atoms with van der Waals surface area (Å²) in [4.78, 5) is 6.98. The van der Waals surface area contributed by atoms with Gasteiger partial charge < -0.3 is 24.3 Å². The molecule has 2 aromatic carbocycles. The largest absolute Gasteiger partial charge is 0.497 e. The molecule has 0 radical (unpaired) electrons. The number of aryl methyl sites for hydroxylation is 1. The van der Waals surface area contributed by atoms with Crippen molar-refractivity contribution in [2.45, 2.75) is 33.0 Å². The number of ether oxygens (including phenoxy) is 2. The van der Waals surface area contributed by atoms with Gasteiger partial charge in [0.2, 0.25) is 0 Å². The minimum atomic E-state index is 0. The third kappa shape index (κ3) is 7.62. The van der Waals surface area contributed by atoms with Crippen molar-refractivity contribution in [1.82, 2.24) is 25.0 Å². The van der Waals surface area contributed by atoms with Gasteiger partial charge in [-0.25, -0.2) is 4.99 Å². The van der Waals surface area contributed by atoms with Gasteiger partial charge in [-0.05, 0) is 23.8 Å². The molecule has 0 bridgehead atoms. The summed E-state index contributed by atoms with van der Waals surface area (Å²) in [5, 5.41) is 11.7. The number of aliphatic imine (C=N–C) groups is 1. The highest BCUT2D eigenvalue weighted by molar-refractivity contribution is 14.0. The highest BCUT2D eigenvalue weighted by Crippen LogP contribution is 2.19. The van der Waals surface area contributed by atoms with Gasteiger partial charge >= 0.3 is 0 Å². The first-order chi connectivity index (χ1) is 15.6. The highest BCUT2D eigenvalue weighted by Gasteiger charge is 2.11. The molecule has 0 atom stereocenters. The maximum atomic E-state index is 5.52. The van der Waals surface area contributed by atoms with E-state index in [2.05, 4.69) is 38.0 Å². The molecule has 0 unspecified atom stereocenters. The van der Waals surface area contributed by atoms with Crippen molar-refractivity contribution in [3.05, 3.63) is 71.8 Å². The van der Waals surface area contributed by atoms with Crippen LogP contribution in [0.3, 0.4) is 0 Å². The molecule has 0 amide bonds. The molecule has 8 nitrogen and oxygen atoms in total. The first-order valence-corrected chi connectivity index (χ1v) is 10.8. The molecule has 0 aliphatic rings. The fraction of sp³-hybridized carbons (Fsp3) is 0.375. The predicted molar refractivity (Wildman–Crippen MR) is 141 cm³/mol. The summed E-state index contributed by atoms with van der Waals surface area (Å²) in [5.41, 5.74) is 2.21. The Morgan fingerprint density at radius 2 is 1.85 bits per heavy atom. The molecule has 1 heterocycles. The van der Waals surface area contributed by atoms with Crippen LogP contribution < -0.4 is 14.8 Å². The SMILES string of the molecule is CCc1nncn1CCNC(=NCc1ccc(OC)cc1)N(C)Cc1ccccc1OC.I. The lowest BCUT2D eigenvalue weighted by Gasteiger charge is -2.24. The van der Waals surface area contributed by atoms with Gasteiger partial charge in [0.1, 0.15) is 23.7 Å². The van der Waals surface area contributed by atoms with Crippen molar-refractivity contribution in [2.75, 3.05) is 27.8 Å². The Bertz CT molecular complexity index is 1010. The summed E-state index contributed by atoms with van der Waals surface area (Å²) in [5.74, 6) is 3.50. The van der Waals surface area contributed by atoms with E-state index in [1.807, 2.05) is 49.5 Å². The average Bonchev–Trinajstić information content (AvgIpc) is 3.29. The van der Waals surface area contributed by atoms with E-state index in [-0.39, 0.29) is 24.0 Å². The number of methoxy groups -OCH3 is 2. The Morgan fingerprint density at radius 1 is 1.09 bits per heavy atom. The van der Waals surface area contributed by atoms with E-state index in [0.717, 1.165) is 47.4 Å². The van der Waals surface area contributed by atoms with E-state index in [1.165, 1.54) is 0 Å². The molecule has 0 aliphatic heterocycles. The quantitative estimate of drug-likeness (QED) is 0.230. The molecular weight excluding hydrogens is 531 g/mol. The van der Waals surface area contributed by atoms with Crippen molar-refractivity contribution in [3.63, 3.8) is 0 Å². The van der Waals surface area contributed by atoms with Crippen LogP contribution in [-0.4, -0.2) is 53.4 Å². The van der Waals surface area contributed by atoms with E-state index < -0.39 is 0 Å². The first kappa shape index (κ1) is 26.4. The third-order valence-electron chi connectivity index (χ3n) is 5.18. The van der Waals surface area contributed by atoms with E-state index >= 15 is 0 Å². The lowest BCUT2D eigenvalue weighted by molar-refractivity contribution is 0.395. The number of guanidine groups is 1. The highest BCUT2D eigenvalue weighted by atomic mass is 127. The summed E-state index contributed by atoms with van der Waals surface area (Å²) < 4.78 is 12.8. The van der Waals surface area contributed by atoms with Crippen LogP contribution in [0, 0.1) is 0 Å². The van der Waals surface area contributed by atoms with Crippen LogP contribution in [0.2, 0.25) is 0 Å². The monoisotopic (exact) mass is 564 g/mol. The van der Waals surface area contributed by atoms with Crippen LogP contribution in [0.1, 0.15) is 23.9 Å². The number of halogens is 1. The van der Waals surface area contributed by atoms with Gasteiger partial charge in [-0.2, -0.15) is 0 Å². The number of benzene rings is 2. The average molecular weight is 564 g/mol. The lowest BCUT2D eigenvalue weighted by atomic mass is 10.2.